The molecular weight excluding hydrogens is 130 g/mol. The number of hydrogen-bond acceptors (Lipinski definition) is 2. The summed E-state index contributed by atoms with van der Waals surface area (Å²) >= 11 is 8.17. The van der Waals surface area contributed by atoms with Crippen LogP contribution < -0.4 is 0 Å². The molecule has 0 aliphatic carbocycles. The number of rotatable bonds is 0. The molecule has 0 heterocycles. The Balaban J connectivity index is 0. The molecular formula is C4H6ClNS. The maximum Gasteiger partial charge on any atom is 0.130 e. The van der Waals surface area contributed by atoms with Crippen LogP contribution in [0.2, 0.25) is 0 Å². The van der Waals surface area contributed by atoms with Gasteiger partial charge in [-0.3, -0.25) is 0 Å². The van der Waals surface area contributed by atoms with E-state index in [2.05, 4.69) is 19.2 Å². The van der Waals surface area contributed by atoms with Gasteiger partial charge in [-0.05, 0) is 6.92 Å². The van der Waals surface area contributed by atoms with Crippen LogP contribution in [-0.2, 0) is 0 Å². The van der Waals surface area contributed by atoms with Crippen LogP contribution in [0.3, 0.4) is 0 Å². The molecule has 7 heavy (non-hydrogen) atoms. The van der Waals surface area contributed by atoms with E-state index < -0.39 is 0 Å². The lowest BCUT2D eigenvalue weighted by atomic mass is 10.8. The van der Waals surface area contributed by atoms with Crippen LogP contribution in [0.15, 0.2) is 11.6 Å². The minimum atomic E-state index is 0.639. The van der Waals surface area contributed by atoms with E-state index in [1.807, 2.05) is 0 Å². The molecule has 0 aliphatic rings. The third-order valence-corrected chi connectivity index (χ3v) is 0. The van der Waals surface area contributed by atoms with E-state index >= 15 is 0 Å². The SMILES string of the molecule is C=C(C)Cl.N#CS. The normalized spacial score (nSPS) is 4.86. The van der Waals surface area contributed by atoms with Crippen molar-refractivity contribution in [2.24, 2.45) is 0 Å². The van der Waals surface area contributed by atoms with Crippen LogP contribution in [0.1, 0.15) is 6.92 Å². The zero-order valence-corrected chi connectivity index (χ0v) is 5.63. The van der Waals surface area contributed by atoms with E-state index in [9.17, 15) is 0 Å². The average molecular weight is 136 g/mol. The predicted molar refractivity (Wildman–Crippen MR) is 35.3 cm³/mol. The van der Waals surface area contributed by atoms with E-state index in [4.69, 9.17) is 16.9 Å². The Morgan fingerprint density at radius 2 is 2.00 bits per heavy atom. The molecule has 0 aliphatic heterocycles. The summed E-state index contributed by atoms with van der Waals surface area (Å²) in [5.74, 6) is 0. The first-order valence-electron chi connectivity index (χ1n) is 1.49. The minimum Gasteiger partial charge on any atom is -0.185 e. The van der Waals surface area contributed by atoms with E-state index in [0.717, 1.165) is 0 Å². The summed E-state index contributed by atoms with van der Waals surface area (Å²) in [6.45, 7) is 5.06. The predicted octanol–water partition coefficient (Wildman–Crippen LogP) is 2.16. The number of thiol groups is 1. The van der Waals surface area contributed by atoms with Crippen molar-refractivity contribution >= 4 is 24.2 Å². The first-order chi connectivity index (χ1) is 3.15. The number of nitriles is 1. The standard InChI is InChI=1S/C3H5Cl.CHNS/c1-3(2)4;2-1-3/h1H2,2H3;3H. The highest BCUT2D eigenvalue weighted by Crippen LogP contribution is 1.87. The van der Waals surface area contributed by atoms with Gasteiger partial charge in [0.2, 0.25) is 0 Å². The molecule has 1 nitrogen and oxygen atoms in total. The minimum absolute atomic E-state index is 0.639. The van der Waals surface area contributed by atoms with Crippen molar-refractivity contribution in [3.63, 3.8) is 0 Å². The second-order valence-electron chi connectivity index (χ2n) is 0.776. The van der Waals surface area contributed by atoms with Crippen LogP contribution in [0, 0.1) is 10.7 Å². The van der Waals surface area contributed by atoms with Gasteiger partial charge in [-0.1, -0.05) is 30.8 Å². The second kappa shape index (κ2) is 9.30. The summed E-state index contributed by atoms with van der Waals surface area (Å²) < 4.78 is 0. The topological polar surface area (TPSA) is 23.8 Å². The Hall–Kier alpha value is -0.130. The smallest absolute Gasteiger partial charge is 0.130 e. The van der Waals surface area contributed by atoms with Crippen LogP contribution in [-0.4, -0.2) is 0 Å². The van der Waals surface area contributed by atoms with Crippen molar-refractivity contribution in [2.75, 3.05) is 0 Å². The number of nitrogens with zero attached hydrogens (tertiary/aromatic N) is 1. The van der Waals surface area contributed by atoms with Gasteiger partial charge in [-0.15, -0.1) is 0 Å². The molecule has 0 saturated heterocycles. The van der Waals surface area contributed by atoms with Crippen molar-refractivity contribution in [3.05, 3.63) is 11.6 Å². The molecule has 0 bridgehead atoms. The van der Waals surface area contributed by atoms with Crippen LogP contribution in [0.5, 0.6) is 0 Å². The van der Waals surface area contributed by atoms with Gasteiger partial charge in [0.15, 0.2) is 0 Å². The fourth-order valence-corrected chi connectivity index (χ4v) is 0. The lowest BCUT2D eigenvalue weighted by Gasteiger charge is -1.61. The maximum absolute atomic E-state index is 7.18. The lowest BCUT2D eigenvalue weighted by molar-refractivity contribution is 1.57. The van der Waals surface area contributed by atoms with Gasteiger partial charge < -0.3 is 0 Å². The first-order valence-corrected chi connectivity index (χ1v) is 2.31. The van der Waals surface area contributed by atoms with E-state index in [-0.39, 0.29) is 0 Å². The summed E-state index contributed by atoms with van der Waals surface area (Å²) in [4.78, 5) is 0. The molecule has 3 heteroatoms. The quantitative estimate of drug-likeness (QED) is 0.400. The summed E-state index contributed by atoms with van der Waals surface area (Å²) in [7, 11) is 0. The second-order valence-corrected chi connectivity index (χ2v) is 1.62. The highest BCUT2D eigenvalue weighted by molar-refractivity contribution is 7.85. The Morgan fingerprint density at radius 3 is 2.00 bits per heavy atom. The largest absolute Gasteiger partial charge is 0.185 e. The zero-order valence-electron chi connectivity index (χ0n) is 3.98. The van der Waals surface area contributed by atoms with Crippen molar-refractivity contribution in [1.82, 2.24) is 0 Å². The number of halogens is 1. The van der Waals surface area contributed by atoms with Gasteiger partial charge in [0, 0.05) is 5.03 Å². The molecule has 0 spiro atoms. The number of allylic oxidation sites excluding steroid dienone is 1. The van der Waals surface area contributed by atoms with Crippen molar-refractivity contribution in [2.45, 2.75) is 6.92 Å². The van der Waals surface area contributed by atoms with E-state index in [1.54, 1.807) is 6.92 Å². The Bertz CT molecular complexity index is 80.2. The monoisotopic (exact) mass is 135 g/mol. The molecule has 0 N–H and O–H groups in total. The molecule has 0 amide bonds. The fourth-order valence-electron chi connectivity index (χ4n) is 0. The molecule has 0 fully saturated rings. The van der Waals surface area contributed by atoms with Gasteiger partial charge in [0.05, 0.1) is 0 Å². The highest BCUT2D eigenvalue weighted by atomic mass is 35.5. The van der Waals surface area contributed by atoms with E-state index in [1.165, 1.54) is 5.40 Å². The van der Waals surface area contributed by atoms with Crippen molar-refractivity contribution in [1.29, 1.82) is 5.26 Å². The van der Waals surface area contributed by atoms with Crippen LogP contribution in [0.4, 0.5) is 0 Å². The number of thiocyanates is 1. The summed E-state index contributed by atoms with van der Waals surface area (Å²) in [6, 6.07) is 0. The van der Waals surface area contributed by atoms with Crippen molar-refractivity contribution in [3.8, 4) is 5.40 Å². The summed E-state index contributed by atoms with van der Waals surface area (Å²) in [5.41, 5.74) is 0. The highest BCUT2D eigenvalue weighted by Gasteiger charge is 1.55. The summed E-state index contributed by atoms with van der Waals surface area (Å²) in [5, 5.41) is 9.27. The van der Waals surface area contributed by atoms with Crippen molar-refractivity contribution < 1.29 is 0 Å². The Morgan fingerprint density at radius 1 is 2.00 bits per heavy atom. The Labute approximate surface area is 54.0 Å². The van der Waals surface area contributed by atoms with Crippen LogP contribution >= 0.6 is 24.2 Å². The maximum atomic E-state index is 7.18. The lowest BCUT2D eigenvalue weighted by Crippen LogP contribution is -1.34. The number of hydrogen-bond donors (Lipinski definition) is 1. The molecule has 0 unspecified atom stereocenters. The third-order valence-electron chi connectivity index (χ3n) is 0. The molecule has 40 valence electrons. The van der Waals surface area contributed by atoms with Gasteiger partial charge in [-0.2, -0.15) is 5.26 Å². The molecule has 0 aromatic rings. The third kappa shape index (κ3) is 5200. The zero-order chi connectivity index (χ0) is 6.28. The molecule has 0 aromatic carbocycles. The molecule has 0 aromatic heterocycles. The van der Waals surface area contributed by atoms with Crippen LogP contribution in [0.25, 0.3) is 0 Å². The van der Waals surface area contributed by atoms with Gasteiger partial charge in [0.25, 0.3) is 0 Å². The van der Waals surface area contributed by atoms with Gasteiger partial charge in [-0.25, -0.2) is 0 Å². The van der Waals surface area contributed by atoms with E-state index in [0.29, 0.717) is 5.03 Å². The summed E-state index contributed by atoms with van der Waals surface area (Å²) in [6.07, 6.45) is 0. The van der Waals surface area contributed by atoms with Gasteiger partial charge in [0.1, 0.15) is 5.40 Å². The fraction of sp³-hybridized carbons (Fsp3) is 0.250. The molecule has 0 atom stereocenters. The molecule has 0 radical (unpaired) electrons. The van der Waals surface area contributed by atoms with Gasteiger partial charge >= 0.3 is 0 Å². The average Bonchev–Trinajstić information content (AvgIpc) is 1.33. The molecule has 0 saturated carbocycles. The Kier molecular flexibility index (Phi) is 13.3. The molecule has 0 rings (SSSR count). The first kappa shape index (κ1) is 9.98.